The number of aliphatic hydroxyl groups is 3. The van der Waals surface area contributed by atoms with Gasteiger partial charge in [0.25, 0.3) is 0 Å². The van der Waals surface area contributed by atoms with Gasteiger partial charge in [0.2, 0.25) is 0 Å². The zero-order valence-corrected chi connectivity index (χ0v) is 9.79. The molecule has 0 bridgehead atoms. The van der Waals surface area contributed by atoms with Crippen molar-refractivity contribution in [1.29, 1.82) is 0 Å². The van der Waals surface area contributed by atoms with Gasteiger partial charge in [0.1, 0.15) is 0 Å². The van der Waals surface area contributed by atoms with E-state index in [-0.39, 0.29) is 25.4 Å². The molecule has 0 aromatic rings. The molecule has 0 aliphatic rings. The molecule has 0 spiro atoms. The monoisotopic (exact) mass is 221 g/mol. The Hall–Kier alpha value is -0.200. The van der Waals surface area contributed by atoms with Gasteiger partial charge in [0.15, 0.2) is 0 Å². The Balaban J connectivity index is 4.02. The lowest BCUT2D eigenvalue weighted by Gasteiger charge is -2.31. The topological polar surface area (TPSA) is 82.0 Å². The van der Waals surface area contributed by atoms with Gasteiger partial charge >= 0.3 is 0 Å². The fraction of sp³-hybridized carbons (Fsp3) is 1.00. The fourth-order valence-electron chi connectivity index (χ4n) is 1.05. The molecule has 0 fully saturated rings. The first-order valence-corrected chi connectivity index (χ1v) is 5.08. The molecule has 0 aliphatic carbocycles. The van der Waals surface area contributed by atoms with Crippen LogP contribution in [-0.4, -0.2) is 59.9 Å². The third-order valence-corrected chi connectivity index (χ3v) is 2.69. The van der Waals surface area contributed by atoms with Crippen LogP contribution in [0.3, 0.4) is 0 Å². The molecule has 15 heavy (non-hydrogen) atoms. The molecule has 0 aromatic carbocycles. The Labute approximate surface area is 91.1 Å². The Kier molecular flexibility index (Phi) is 6.31. The molecule has 0 amide bonds. The summed E-state index contributed by atoms with van der Waals surface area (Å²) < 4.78 is 5.23. The van der Waals surface area contributed by atoms with E-state index in [0.717, 1.165) is 6.42 Å². The summed E-state index contributed by atoms with van der Waals surface area (Å²) in [7, 11) is 1.64. The van der Waals surface area contributed by atoms with Crippen LogP contribution in [0.2, 0.25) is 0 Å². The minimum atomic E-state index is -0.996. The first-order valence-electron chi connectivity index (χ1n) is 5.08. The molecule has 4 N–H and O–H groups in total. The lowest BCUT2D eigenvalue weighted by atomic mass is 10.0. The van der Waals surface area contributed by atoms with E-state index in [1.807, 2.05) is 13.8 Å². The highest BCUT2D eigenvalue weighted by Gasteiger charge is 2.28. The van der Waals surface area contributed by atoms with Gasteiger partial charge in [-0.1, -0.05) is 0 Å². The zero-order chi connectivity index (χ0) is 11.9. The van der Waals surface area contributed by atoms with E-state index in [1.54, 1.807) is 7.11 Å². The maximum absolute atomic E-state index is 9.05. The second-order valence-corrected chi connectivity index (χ2v) is 4.40. The minimum Gasteiger partial charge on any atom is -0.394 e. The second kappa shape index (κ2) is 6.40. The Morgan fingerprint density at radius 1 is 1.07 bits per heavy atom. The van der Waals surface area contributed by atoms with Gasteiger partial charge < -0.3 is 25.4 Å². The maximum Gasteiger partial charge on any atom is 0.0881 e. The van der Waals surface area contributed by atoms with Crippen molar-refractivity contribution < 1.29 is 20.1 Å². The average molecular weight is 221 g/mol. The predicted octanol–water partition coefficient (Wildman–Crippen LogP) is -0.893. The molecule has 0 saturated carbocycles. The highest BCUT2D eigenvalue weighted by atomic mass is 16.5. The molecule has 0 saturated heterocycles. The number of nitrogens with one attached hydrogen (secondary N) is 1. The van der Waals surface area contributed by atoms with E-state index in [0.29, 0.717) is 6.54 Å². The largest absolute Gasteiger partial charge is 0.394 e. The molecular weight excluding hydrogens is 198 g/mol. The van der Waals surface area contributed by atoms with Crippen LogP contribution in [-0.2, 0) is 4.74 Å². The molecule has 0 unspecified atom stereocenters. The Morgan fingerprint density at radius 2 is 1.53 bits per heavy atom. The van der Waals surface area contributed by atoms with Crippen LogP contribution in [0.4, 0.5) is 0 Å². The van der Waals surface area contributed by atoms with E-state index in [9.17, 15) is 0 Å². The molecular formula is C10H23NO4. The summed E-state index contributed by atoms with van der Waals surface area (Å²) in [5.41, 5.74) is -1.25. The highest BCUT2D eigenvalue weighted by Crippen LogP contribution is 2.12. The maximum atomic E-state index is 9.05. The zero-order valence-electron chi connectivity index (χ0n) is 9.79. The first kappa shape index (κ1) is 14.8. The van der Waals surface area contributed by atoms with E-state index in [1.165, 1.54) is 0 Å². The van der Waals surface area contributed by atoms with Crippen LogP contribution in [0.5, 0.6) is 0 Å². The van der Waals surface area contributed by atoms with Crippen molar-refractivity contribution in [3.05, 3.63) is 0 Å². The Bertz CT molecular complexity index is 161. The Morgan fingerprint density at radius 3 is 1.87 bits per heavy atom. The van der Waals surface area contributed by atoms with Crippen LogP contribution < -0.4 is 5.32 Å². The molecule has 0 aromatic heterocycles. The van der Waals surface area contributed by atoms with Gasteiger partial charge in [0, 0.05) is 7.11 Å². The van der Waals surface area contributed by atoms with Crippen molar-refractivity contribution in [2.75, 3.05) is 33.5 Å². The first-order chi connectivity index (χ1) is 6.95. The van der Waals surface area contributed by atoms with Gasteiger partial charge in [0.05, 0.1) is 31.0 Å². The van der Waals surface area contributed by atoms with Gasteiger partial charge in [-0.15, -0.1) is 0 Å². The van der Waals surface area contributed by atoms with E-state index >= 15 is 0 Å². The average Bonchev–Trinajstić information content (AvgIpc) is 2.25. The third-order valence-electron chi connectivity index (χ3n) is 2.69. The van der Waals surface area contributed by atoms with E-state index in [2.05, 4.69) is 5.32 Å². The van der Waals surface area contributed by atoms with Crippen LogP contribution in [0.15, 0.2) is 0 Å². The molecule has 0 heterocycles. The van der Waals surface area contributed by atoms with Crippen LogP contribution >= 0.6 is 0 Å². The van der Waals surface area contributed by atoms with Crippen LogP contribution in [0.1, 0.15) is 20.3 Å². The fourth-order valence-corrected chi connectivity index (χ4v) is 1.05. The summed E-state index contributed by atoms with van der Waals surface area (Å²) in [6.45, 7) is 3.57. The molecule has 0 radical (unpaired) electrons. The standard InChI is InChI=1S/C10H23NO4/c1-9(2,15-3)4-5-11-10(6-12,7-13)8-14/h11-14H,4-8H2,1-3H3. The number of rotatable bonds is 8. The summed E-state index contributed by atoms with van der Waals surface area (Å²) >= 11 is 0. The summed E-state index contributed by atoms with van der Waals surface area (Å²) in [6, 6.07) is 0. The van der Waals surface area contributed by atoms with Crippen molar-refractivity contribution in [2.24, 2.45) is 0 Å². The second-order valence-electron chi connectivity index (χ2n) is 4.40. The van der Waals surface area contributed by atoms with E-state index < -0.39 is 5.54 Å². The molecule has 0 aliphatic heterocycles. The van der Waals surface area contributed by atoms with Crippen LogP contribution in [0.25, 0.3) is 0 Å². The van der Waals surface area contributed by atoms with Gasteiger partial charge in [-0.3, -0.25) is 0 Å². The molecule has 0 atom stereocenters. The quantitative estimate of drug-likeness (QED) is 0.427. The van der Waals surface area contributed by atoms with Gasteiger partial charge in [-0.2, -0.15) is 0 Å². The molecule has 5 nitrogen and oxygen atoms in total. The number of hydrogen-bond donors (Lipinski definition) is 4. The number of hydrogen-bond acceptors (Lipinski definition) is 5. The SMILES string of the molecule is COC(C)(C)CCNC(CO)(CO)CO. The predicted molar refractivity (Wildman–Crippen MR) is 57.7 cm³/mol. The minimum absolute atomic E-state index is 0.251. The van der Waals surface area contributed by atoms with Crippen molar-refractivity contribution in [3.8, 4) is 0 Å². The summed E-state index contributed by atoms with van der Waals surface area (Å²) in [5, 5.41) is 30.1. The highest BCUT2D eigenvalue weighted by molar-refractivity contribution is 4.87. The third kappa shape index (κ3) is 4.90. The van der Waals surface area contributed by atoms with Crippen LogP contribution in [0, 0.1) is 0 Å². The van der Waals surface area contributed by atoms with Crippen molar-refractivity contribution in [3.63, 3.8) is 0 Å². The number of aliphatic hydroxyl groups excluding tert-OH is 3. The lowest BCUT2D eigenvalue weighted by molar-refractivity contribution is 0.00447. The van der Waals surface area contributed by atoms with E-state index in [4.69, 9.17) is 20.1 Å². The number of methoxy groups -OCH3 is 1. The van der Waals surface area contributed by atoms with Crippen molar-refractivity contribution in [1.82, 2.24) is 5.32 Å². The summed E-state index contributed by atoms with van der Waals surface area (Å²) in [4.78, 5) is 0. The molecule has 92 valence electrons. The molecule has 5 heteroatoms. The lowest BCUT2D eigenvalue weighted by Crippen LogP contribution is -2.55. The van der Waals surface area contributed by atoms with Gasteiger partial charge in [-0.25, -0.2) is 0 Å². The number of ether oxygens (including phenoxy) is 1. The van der Waals surface area contributed by atoms with Crippen molar-refractivity contribution >= 4 is 0 Å². The smallest absolute Gasteiger partial charge is 0.0881 e. The summed E-state index contributed by atoms with van der Waals surface area (Å²) in [6.07, 6.45) is 0.727. The molecule has 0 rings (SSSR count). The summed E-state index contributed by atoms with van der Waals surface area (Å²) in [5.74, 6) is 0. The van der Waals surface area contributed by atoms with Crippen molar-refractivity contribution in [2.45, 2.75) is 31.4 Å². The van der Waals surface area contributed by atoms with Gasteiger partial charge in [-0.05, 0) is 26.8 Å². The normalized spacial score (nSPS) is 13.2.